The Kier molecular flexibility index (Phi) is 2.39. The van der Waals surface area contributed by atoms with E-state index in [0.717, 1.165) is 0 Å². The minimum absolute atomic E-state index is 0.308. The fraction of sp³-hybridized carbons (Fsp3) is 0.125. The minimum atomic E-state index is 0.308. The van der Waals surface area contributed by atoms with Gasteiger partial charge in [0.25, 0.3) is 0 Å². The van der Waals surface area contributed by atoms with Gasteiger partial charge in [0.2, 0.25) is 0 Å². The largest absolute Gasteiger partial charge is 0.331 e. The van der Waals surface area contributed by atoms with Crippen molar-refractivity contribution in [3.05, 3.63) is 28.8 Å². The van der Waals surface area contributed by atoms with Crippen molar-refractivity contribution in [2.45, 2.75) is 0 Å². The summed E-state index contributed by atoms with van der Waals surface area (Å²) >= 11 is 11.5. The molecular formula is C8H6Cl2N4. The first-order valence-corrected chi connectivity index (χ1v) is 4.60. The maximum Gasteiger partial charge on any atom is 0.198 e. The molecule has 0 aliphatic rings. The maximum absolute atomic E-state index is 5.75. The number of halogens is 2. The number of imidazole rings is 1. The van der Waals surface area contributed by atoms with E-state index in [1.165, 1.54) is 6.07 Å². The SMILES string of the molecule is Cn1ccnc1-c1nc(Cl)cc(Cl)n1. The average Bonchev–Trinajstić information content (AvgIpc) is 2.49. The van der Waals surface area contributed by atoms with Crippen LogP contribution in [0.2, 0.25) is 10.3 Å². The number of aryl methyl sites for hydroxylation is 1. The van der Waals surface area contributed by atoms with Gasteiger partial charge in [-0.3, -0.25) is 0 Å². The van der Waals surface area contributed by atoms with Gasteiger partial charge in [-0.15, -0.1) is 0 Å². The Bertz CT molecular complexity index is 446. The fourth-order valence-electron chi connectivity index (χ4n) is 1.07. The molecule has 14 heavy (non-hydrogen) atoms. The third-order valence-corrected chi connectivity index (χ3v) is 2.07. The molecule has 0 amide bonds. The van der Waals surface area contributed by atoms with Crippen molar-refractivity contribution in [1.82, 2.24) is 19.5 Å². The normalized spacial score (nSPS) is 10.5. The lowest BCUT2D eigenvalue weighted by Crippen LogP contribution is -1.97. The van der Waals surface area contributed by atoms with Crippen molar-refractivity contribution in [2.24, 2.45) is 7.05 Å². The second-order valence-corrected chi connectivity index (χ2v) is 3.47. The monoisotopic (exact) mass is 228 g/mol. The van der Waals surface area contributed by atoms with E-state index in [1.807, 2.05) is 7.05 Å². The van der Waals surface area contributed by atoms with Gasteiger partial charge in [0.1, 0.15) is 10.3 Å². The molecule has 4 nitrogen and oxygen atoms in total. The van der Waals surface area contributed by atoms with E-state index < -0.39 is 0 Å². The van der Waals surface area contributed by atoms with Crippen molar-refractivity contribution in [2.75, 3.05) is 0 Å². The average molecular weight is 229 g/mol. The molecule has 0 saturated carbocycles. The topological polar surface area (TPSA) is 43.6 Å². The van der Waals surface area contributed by atoms with Crippen molar-refractivity contribution >= 4 is 23.2 Å². The summed E-state index contributed by atoms with van der Waals surface area (Å²) < 4.78 is 1.79. The van der Waals surface area contributed by atoms with Crippen LogP contribution in [0.1, 0.15) is 0 Å². The zero-order valence-electron chi connectivity index (χ0n) is 7.28. The first kappa shape index (κ1) is 9.43. The van der Waals surface area contributed by atoms with Crippen molar-refractivity contribution in [3.8, 4) is 11.6 Å². The Hall–Kier alpha value is -1.13. The molecule has 0 spiro atoms. The Morgan fingerprint density at radius 3 is 2.36 bits per heavy atom. The summed E-state index contributed by atoms with van der Waals surface area (Å²) in [5.74, 6) is 1.06. The third kappa shape index (κ3) is 1.71. The number of hydrogen-bond acceptors (Lipinski definition) is 3. The summed E-state index contributed by atoms with van der Waals surface area (Å²) in [6, 6.07) is 1.48. The van der Waals surface area contributed by atoms with Crippen LogP contribution in [0.15, 0.2) is 18.5 Å². The molecule has 0 N–H and O–H groups in total. The lowest BCUT2D eigenvalue weighted by atomic mass is 10.5. The van der Waals surface area contributed by atoms with E-state index in [9.17, 15) is 0 Å². The highest BCUT2D eigenvalue weighted by Crippen LogP contribution is 2.18. The van der Waals surface area contributed by atoms with Crippen LogP contribution in [0, 0.1) is 0 Å². The summed E-state index contributed by atoms with van der Waals surface area (Å²) in [4.78, 5) is 12.1. The molecule has 2 heterocycles. The summed E-state index contributed by atoms with van der Waals surface area (Å²) in [5.41, 5.74) is 0. The molecule has 6 heteroatoms. The van der Waals surface area contributed by atoms with Crippen LogP contribution in [-0.4, -0.2) is 19.5 Å². The lowest BCUT2D eigenvalue weighted by Gasteiger charge is -2.00. The number of nitrogens with zero attached hydrogens (tertiary/aromatic N) is 4. The van der Waals surface area contributed by atoms with E-state index in [2.05, 4.69) is 15.0 Å². The van der Waals surface area contributed by atoms with Gasteiger partial charge in [-0.1, -0.05) is 23.2 Å². The zero-order chi connectivity index (χ0) is 10.1. The van der Waals surface area contributed by atoms with Crippen LogP contribution in [-0.2, 0) is 7.05 Å². The zero-order valence-corrected chi connectivity index (χ0v) is 8.79. The molecule has 0 bridgehead atoms. The highest BCUT2D eigenvalue weighted by molar-refractivity contribution is 6.33. The second kappa shape index (κ2) is 3.55. The molecule has 2 aromatic heterocycles. The molecule has 72 valence electrons. The molecule has 0 unspecified atom stereocenters. The molecule has 0 aromatic carbocycles. The summed E-state index contributed by atoms with van der Waals surface area (Å²) in [6.07, 6.45) is 3.46. The molecule has 0 fully saturated rings. The first-order valence-electron chi connectivity index (χ1n) is 3.84. The molecule has 0 saturated heterocycles. The van der Waals surface area contributed by atoms with Crippen LogP contribution in [0.4, 0.5) is 0 Å². The third-order valence-electron chi connectivity index (χ3n) is 1.68. The first-order chi connectivity index (χ1) is 6.66. The van der Waals surface area contributed by atoms with E-state index in [1.54, 1.807) is 17.0 Å². The van der Waals surface area contributed by atoms with Crippen molar-refractivity contribution in [3.63, 3.8) is 0 Å². The van der Waals surface area contributed by atoms with Gasteiger partial charge in [-0.2, -0.15) is 0 Å². The maximum atomic E-state index is 5.75. The van der Waals surface area contributed by atoms with Crippen LogP contribution < -0.4 is 0 Å². The molecule has 2 rings (SSSR count). The summed E-state index contributed by atoms with van der Waals surface area (Å²) in [7, 11) is 1.85. The quantitative estimate of drug-likeness (QED) is 0.704. The molecule has 0 atom stereocenters. The van der Waals surface area contributed by atoms with Gasteiger partial charge in [0.05, 0.1) is 0 Å². The standard InChI is InChI=1S/C8H6Cl2N4/c1-14-3-2-11-8(14)7-12-5(9)4-6(10)13-7/h2-4H,1H3. The Labute approximate surface area is 90.5 Å². The Morgan fingerprint density at radius 1 is 1.21 bits per heavy atom. The van der Waals surface area contributed by atoms with Crippen LogP contribution in [0.5, 0.6) is 0 Å². The van der Waals surface area contributed by atoms with Crippen LogP contribution >= 0.6 is 23.2 Å². The molecule has 2 aromatic rings. The molecule has 0 aliphatic heterocycles. The number of rotatable bonds is 1. The van der Waals surface area contributed by atoms with Gasteiger partial charge in [0, 0.05) is 25.5 Å². The molecule has 0 radical (unpaired) electrons. The summed E-state index contributed by atoms with van der Waals surface area (Å²) in [6.45, 7) is 0. The fourth-order valence-corrected chi connectivity index (χ4v) is 1.49. The predicted octanol–water partition coefficient (Wildman–Crippen LogP) is 2.18. The van der Waals surface area contributed by atoms with E-state index in [4.69, 9.17) is 23.2 Å². The van der Waals surface area contributed by atoms with Crippen molar-refractivity contribution in [1.29, 1.82) is 0 Å². The molecule has 0 aliphatic carbocycles. The Balaban J connectivity index is 2.57. The van der Waals surface area contributed by atoms with E-state index in [0.29, 0.717) is 22.0 Å². The van der Waals surface area contributed by atoms with E-state index >= 15 is 0 Å². The molecular weight excluding hydrogens is 223 g/mol. The lowest BCUT2D eigenvalue weighted by molar-refractivity contribution is 0.906. The van der Waals surface area contributed by atoms with Gasteiger partial charge in [0.15, 0.2) is 11.6 Å². The smallest absolute Gasteiger partial charge is 0.198 e. The number of hydrogen-bond donors (Lipinski definition) is 0. The Morgan fingerprint density at radius 2 is 1.86 bits per heavy atom. The van der Waals surface area contributed by atoms with Gasteiger partial charge < -0.3 is 4.57 Å². The highest BCUT2D eigenvalue weighted by atomic mass is 35.5. The summed E-state index contributed by atoms with van der Waals surface area (Å²) in [5, 5.41) is 0.617. The van der Waals surface area contributed by atoms with Gasteiger partial charge >= 0.3 is 0 Å². The van der Waals surface area contributed by atoms with E-state index in [-0.39, 0.29) is 0 Å². The second-order valence-electron chi connectivity index (χ2n) is 2.70. The van der Waals surface area contributed by atoms with Crippen LogP contribution in [0.25, 0.3) is 11.6 Å². The van der Waals surface area contributed by atoms with Crippen LogP contribution in [0.3, 0.4) is 0 Å². The van der Waals surface area contributed by atoms with Crippen molar-refractivity contribution < 1.29 is 0 Å². The number of aromatic nitrogens is 4. The minimum Gasteiger partial charge on any atom is -0.331 e. The predicted molar refractivity (Wildman–Crippen MR) is 54.3 cm³/mol. The van der Waals surface area contributed by atoms with Gasteiger partial charge in [-0.05, 0) is 0 Å². The highest BCUT2D eigenvalue weighted by Gasteiger charge is 2.08. The van der Waals surface area contributed by atoms with Gasteiger partial charge in [-0.25, -0.2) is 15.0 Å².